The number of anilines is 1. The Labute approximate surface area is 209 Å². The third-order valence-corrected chi connectivity index (χ3v) is 6.42. The standard InChI is InChI=1S/C26H29ClFN5O2/c1-30-10-7-22(17-3-2-4-19(27)13-17)33-26(34)20-6-5-18(14-21(20)28)24-25(29)31-15-23(32-24)16-8-11-35-12-9-16/h2-6,13-16,22,30H,7-12H2,1H3,(H2,29,31)(H,33,34). The van der Waals surface area contributed by atoms with E-state index in [0.29, 0.717) is 42.5 Å². The largest absolute Gasteiger partial charge is 0.382 e. The van der Waals surface area contributed by atoms with Crippen molar-refractivity contribution in [1.82, 2.24) is 20.6 Å². The zero-order chi connectivity index (χ0) is 24.8. The zero-order valence-electron chi connectivity index (χ0n) is 19.6. The Morgan fingerprint density at radius 1 is 1.26 bits per heavy atom. The minimum Gasteiger partial charge on any atom is -0.382 e. The summed E-state index contributed by atoms with van der Waals surface area (Å²) in [7, 11) is 1.83. The fraction of sp³-hybridized carbons (Fsp3) is 0.346. The highest BCUT2D eigenvalue weighted by Gasteiger charge is 2.22. The van der Waals surface area contributed by atoms with Crippen LogP contribution >= 0.6 is 11.6 Å². The molecule has 1 aliphatic rings. The van der Waals surface area contributed by atoms with Crippen LogP contribution in [0.3, 0.4) is 0 Å². The Morgan fingerprint density at radius 2 is 2.06 bits per heavy atom. The van der Waals surface area contributed by atoms with Gasteiger partial charge in [-0.15, -0.1) is 0 Å². The number of halogens is 2. The molecular formula is C26H29ClFN5O2. The van der Waals surface area contributed by atoms with Gasteiger partial charge >= 0.3 is 0 Å². The molecule has 35 heavy (non-hydrogen) atoms. The summed E-state index contributed by atoms with van der Waals surface area (Å²) >= 11 is 6.13. The van der Waals surface area contributed by atoms with Crippen molar-refractivity contribution in [3.8, 4) is 11.3 Å². The number of ether oxygens (including phenoxy) is 1. The van der Waals surface area contributed by atoms with Crippen LogP contribution in [-0.4, -0.2) is 42.7 Å². The van der Waals surface area contributed by atoms with Crippen molar-refractivity contribution < 1.29 is 13.9 Å². The lowest BCUT2D eigenvalue weighted by Gasteiger charge is -2.22. The normalized spacial score (nSPS) is 15.1. The maximum Gasteiger partial charge on any atom is 0.254 e. The van der Waals surface area contributed by atoms with E-state index in [2.05, 4.69) is 20.6 Å². The van der Waals surface area contributed by atoms with Crippen molar-refractivity contribution >= 4 is 23.3 Å². The molecule has 0 spiro atoms. The van der Waals surface area contributed by atoms with Crippen molar-refractivity contribution in [2.75, 3.05) is 32.5 Å². The molecule has 1 unspecified atom stereocenters. The average molecular weight is 498 g/mol. The lowest BCUT2D eigenvalue weighted by Crippen LogP contribution is -2.31. The van der Waals surface area contributed by atoms with Crippen LogP contribution in [0, 0.1) is 5.82 Å². The van der Waals surface area contributed by atoms with Gasteiger partial charge in [-0.2, -0.15) is 0 Å². The summed E-state index contributed by atoms with van der Waals surface area (Å²) in [6.45, 7) is 2.02. The van der Waals surface area contributed by atoms with Crippen LogP contribution in [0.2, 0.25) is 5.02 Å². The van der Waals surface area contributed by atoms with Crippen molar-refractivity contribution in [1.29, 1.82) is 0 Å². The van der Waals surface area contributed by atoms with E-state index in [0.717, 1.165) is 24.1 Å². The first kappa shape index (κ1) is 25.0. The number of nitrogens with zero attached hydrogens (tertiary/aromatic N) is 2. The van der Waals surface area contributed by atoms with Gasteiger partial charge in [0, 0.05) is 29.7 Å². The SMILES string of the molecule is CNCCC(NC(=O)c1ccc(-c2nc(C3CCOCC3)cnc2N)cc1F)c1cccc(Cl)c1. The van der Waals surface area contributed by atoms with Crippen LogP contribution in [0.5, 0.6) is 0 Å². The minimum absolute atomic E-state index is 0.0580. The molecule has 1 saturated heterocycles. The van der Waals surface area contributed by atoms with Gasteiger partial charge in [0.2, 0.25) is 0 Å². The highest BCUT2D eigenvalue weighted by molar-refractivity contribution is 6.30. The molecule has 1 amide bonds. The number of benzene rings is 2. The number of rotatable bonds is 8. The number of hydrogen-bond donors (Lipinski definition) is 3. The van der Waals surface area contributed by atoms with E-state index in [9.17, 15) is 4.79 Å². The van der Waals surface area contributed by atoms with E-state index >= 15 is 4.39 Å². The molecule has 9 heteroatoms. The van der Waals surface area contributed by atoms with E-state index in [1.807, 2.05) is 19.2 Å². The summed E-state index contributed by atoms with van der Waals surface area (Å²) in [6, 6.07) is 11.3. The third-order valence-electron chi connectivity index (χ3n) is 6.19. The fourth-order valence-corrected chi connectivity index (χ4v) is 4.43. The molecule has 0 radical (unpaired) electrons. The van der Waals surface area contributed by atoms with E-state index in [1.54, 1.807) is 24.4 Å². The van der Waals surface area contributed by atoms with Crippen LogP contribution in [0.15, 0.2) is 48.7 Å². The maximum atomic E-state index is 15.1. The molecule has 0 aliphatic carbocycles. The minimum atomic E-state index is -0.656. The second-order valence-corrected chi connectivity index (χ2v) is 9.02. The summed E-state index contributed by atoms with van der Waals surface area (Å²) in [5.41, 5.74) is 8.56. The Bertz CT molecular complexity index is 1190. The zero-order valence-corrected chi connectivity index (χ0v) is 20.3. The van der Waals surface area contributed by atoms with Gasteiger partial charge in [-0.1, -0.05) is 29.8 Å². The molecule has 1 atom stereocenters. The van der Waals surface area contributed by atoms with Crippen molar-refractivity contribution in [3.63, 3.8) is 0 Å². The van der Waals surface area contributed by atoms with Gasteiger partial charge in [0.05, 0.1) is 23.5 Å². The summed E-state index contributed by atoms with van der Waals surface area (Å²) in [6.07, 6.45) is 4.00. The molecule has 184 valence electrons. The predicted molar refractivity (Wildman–Crippen MR) is 135 cm³/mol. The highest BCUT2D eigenvalue weighted by Crippen LogP contribution is 2.30. The molecule has 0 saturated carbocycles. The quantitative estimate of drug-likeness (QED) is 0.423. The predicted octanol–water partition coefficient (Wildman–Crippen LogP) is 4.49. The number of hydrogen-bond acceptors (Lipinski definition) is 6. The number of aromatic nitrogens is 2. The maximum absolute atomic E-state index is 15.1. The summed E-state index contributed by atoms with van der Waals surface area (Å²) in [5.74, 6) is -0.724. The molecule has 3 aromatic rings. The van der Waals surface area contributed by atoms with Crippen LogP contribution in [-0.2, 0) is 4.74 Å². The van der Waals surface area contributed by atoms with E-state index in [-0.39, 0.29) is 23.3 Å². The van der Waals surface area contributed by atoms with Crippen molar-refractivity contribution in [3.05, 3.63) is 76.3 Å². The first-order valence-corrected chi connectivity index (χ1v) is 12.0. The van der Waals surface area contributed by atoms with E-state index in [4.69, 9.17) is 22.1 Å². The Hall–Kier alpha value is -3.07. The lowest BCUT2D eigenvalue weighted by molar-refractivity contribution is 0.0844. The Morgan fingerprint density at radius 3 is 2.77 bits per heavy atom. The first-order valence-electron chi connectivity index (χ1n) is 11.7. The van der Waals surface area contributed by atoms with Gasteiger partial charge in [-0.25, -0.2) is 14.4 Å². The molecule has 2 aromatic carbocycles. The Balaban J connectivity index is 1.56. The summed E-state index contributed by atoms with van der Waals surface area (Å²) < 4.78 is 20.6. The number of carbonyl (C=O) groups is 1. The Kier molecular flexibility index (Phi) is 8.28. The topological polar surface area (TPSA) is 102 Å². The van der Waals surface area contributed by atoms with E-state index in [1.165, 1.54) is 12.1 Å². The van der Waals surface area contributed by atoms with Gasteiger partial charge in [-0.05, 0) is 62.7 Å². The second kappa shape index (κ2) is 11.6. The summed E-state index contributed by atoms with van der Waals surface area (Å²) in [5, 5.41) is 6.58. The molecule has 1 aromatic heterocycles. The smallest absolute Gasteiger partial charge is 0.254 e. The van der Waals surface area contributed by atoms with Crippen LogP contribution in [0.25, 0.3) is 11.3 Å². The summed E-state index contributed by atoms with van der Waals surface area (Å²) in [4.78, 5) is 22.0. The highest BCUT2D eigenvalue weighted by atomic mass is 35.5. The van der Waals surface area contributed by atoms with Crippen LogP contribution in [0.1, 0.15) is 52.8 Å². The van der Waals surface area contributed by atoms with Crippen molar-refractivity contribution in [2.24, 2.45) is 0 Å². The monoisotopic (exact) mass is 497 g/mol. The molecule has 0 bridgehead atoms. The van der Waals surface area contributed by atoms with Gasteiger partial charge in [0.25, 0.3) is 5.91 Å². The number of carbonyl (C=O) groups excluding carboxylic acids is 1. The molecule has 1 aliphatic heterocycles. The molecule has 7 nitrogen and oxygen atoms in total. The molecule has 1 fully saturated rings. The molecule has 2 heterocycles. The van der Waals surface area contributed by atoms with Gasteiger partial charge in [0.1, 0.15) is 17.3 Å². The number of nitrogens with one attached hydrogen (secondary N) is 2. The average Bonchev–Trinajstić information content (AvgIpc) is 2.87. The van der Waals surface area contributed by atoms with Crippen molar-refractivity contribution in [2.45, 2.75) is 31.2 Å². The van der Waals surface area contributed by atoms with Gasteiger partial charge in [0.15, 0.2) is 0 Å². The fourth-order valence-electron chi connectivity index (χ4n) is 4.23. The molecule has 4 rings (SSSR count). The number of nitrogen functional groups attached to an aromatic ring is 1. The molecular weight excluding hydrogens is 469 g/mol. The van der Waals surface area contributed by atoms with Gasteiger partial charge < -0.3 is 21.1 Å². The van der Waals surface area contributed by atoms with Crippen LogP contribution in [0.4, 0.5) is 10.2 Å². The van der Waals surface area contributed by atoms with Gasteiger partial charge in [-0.3, -0.25) is 4.79 Å². The number of amides is 1. The second-order valence-electron chi connectivity index (χ2n) is 8.58. The molecule has 4 N–H and O–H groups in total. The lowest BCUT2D eigenvalue weighted by atomic mass is 9.96. The third kappa shape index (κ3) is 6.14. The first-order chi connectivity index (χ1) is 17.0. The van der Waals surface area contributed by atoms with Crippen LogP contribution < -0.4 is 16.4 Å². The number of nitrogens with two attached hydrogens (primary N) is 1. The van der Waals surface area contributed by atoms with E-state index < -0.39 is 11.7 Å².